The van der Waals surface area contributed by atoms with Crippen molar-refractivity contribution in [2.24, 2.45) is 0 Å². The largest absolute Gasteiger partial charge is 0.381 e. The number of fused-ring (bicyclic) bond motifs is 2. The van der Waals surface area contributed by atoms with E-state index in [-0.39, 0.29) is 23.5 Å². The molecule has 158 valence electrons. The fourth-order valence-electron chi connectivity index (χ4n) is 3.74. The molecule has 3 heterocycles. The summed E-state index contributed by atoms with van der Waals surface area (Å²) in [6, 6.07) is 18.0. The zero-order valence-electron chi connectivity index (χ0n) is 16.7. The second-order valence-electron chi connectivity index (χ2n) is 7.15. The predicted molar refractivity (Wildman–Crippen MR) is 123 cm³/mol. The van der Waals surface area contributed by atoms with E-state index < -0.39 is 5.91 Å². The maximum atomic E-state index is 13.4. The number of hydrogen-bond donors (Lipinski definition) is 2. The lowest BCUT2D eigenvalue weighted by Gasteiger charge is -2.16. The number of hydrogen-bond acceptors (Lipinski definition) is 5. The Kier molecular flexibility index (Phi) is 4.84. The smallest absolute Gasteiger partial charge is 0.264 e. The molecule has 9 heteroatoms. The molecule has 0 unspecified atom stereocenters. The second-order valence-corrected chi connectivity index (χ2v) is 7.55. The monoisotopic (exact) mass is 444 g/mol. The van der Waals surface area contributed by atoms with Crippen molar-refractivity contribution in [1.82, 2.24) is 24.5 Å². The van der Waals surface area contributed by atoms with E-state index in [1.165, 1.54) is 4.52 Å². The number of rotatable bonds is 4. The van der Waals surface area contributed by atoms with Crippen molar-refractivity contribution in [1.29, 1.82) is 0 Å². The number of aromatic nitrogens is 4. The van der Waals surface area contributed by atoms with E-state index in [9.17, 15) is 9.59 Å². The Morgan fingerprint density at radius 1 is 1.09 bits per heavy atom. The summed E-state index contributed by atoms with van der Waals surface area (Å²) in [5.74, 6) is -0.360. The standard InChI is InChI=1S/C23H17ClN6O2/c24-17-9-4-6-14-12-16(30(23(32)18(14)17)15-7-2-1-3-8-15)13-27-22(31)19-20(25)28-29-11-5-10-26-21(19)29/h1-12H,13H2,(H2,25,28)(H,27,31). The molecule has 32 heavy (non-hydrogen) atoms. The van der Waals surface area contributed by atoms with Crippen LogP contribution in [0.1, 0.15) is 16.1 Å². The Morgan fingerprint density at radius 3 is 2.72 bits per heavy atom. The number of pyridine rings is 1. The number of nitrogen functional groups attached to an aromatic ring is 1. The minimum absolute atomic E-state index is 0.0759. The maximum Gasteiger partial charge on any atom is 0.264 e. The number of halogens is 1. The van der Waals surface area contributed by atoms with Crippen LogP contribution < -0.4 is 16.6 Å². The zero-order valence-corrected chi connectivity index (χ0v) is 17.5. The molecule has 5 rings (SSSR count). The summed E-state index contributed by atoms with van der Waals surface area (Å²) < 4.78 is 2.99. The van der Waals surface area contributed by atoms with Gasteiger partial charge >= 0.3 is 0 Å². The fourth-order valence-corrected chi connectivity index (χ4v) is 4.01. The van der Waals surface area contributed by atoms with Gasteiger partial charge in [-0.05, 0) is 35.7 Å². The Balaban J connectivity index is 1.59. The predicted octanol–water partition coefficient (Wildman–Crippen LogP) is 3.20. The van der Waals surface area contributed by atoms with Crippen LogP contribution >= 0.6 is 11.6 Å². The van der Waals surface area contributed by atoms with Gasteiger partial charge in [0.2, 0.25) is 0 Å². The van der Waals surface area contributed by atoms with Crippen LogP contribution in [0.25, 0.3) is 22.1 Å². The fraction of sp³-hybridized carbons (Fsp3) is 0.0435. The number of nitrogens with zero attached hydrogens (tertiary/aromatic N) is 4. The van der Waals surface area contributed by atoms with Gasteiger partial charge in [0.05, 0.1) is 17.0 Å². The summed E-state index contributed by atoms with van der Waals surface area (Å²) in [5, 5.41) is 8.45. The summed E-state index contributed by atoms with van der Waals surface area (Å²) >= 11 is 6.33. The number of carbonyl (C=O) groups is 1. The van der Waals surface area contributed by atoms with Crippen molar-refractivity contribution in [3.05, 3.63) is 99.7 Å². The molecule has 1 amide bonds. The van der Waals surface area contributed by atoms with Crippen LogP contribution in [-0.4, -0.2) is 25.1 Å². The van der Waals surface area contributed by atoms with Crippen LogP contribution in [0.2, 0.25) is 5.02 Å². The minimum atomic E-state index is -0.436. The molecule has 3 aromatic heterocycles. The van der Waals surface area contributed by atoms with Crippen LogP contribution in [0, 0.1) is 0 Å². The molecule has 0 saturated carbocycles. The van der Waals surface area contributed by atoms with Crippen LogP contribution in [0.5, 0.6) is 0 Å². The van der Waals surface area contributed by atoms with Gasteiger partial charge in [-0.25, -0.2) is 9.50 Å². The first kappa shape index (κ1) is 19.8. The lowest BCUT2D eigenvalue weighted by Crippen LogP contribution is -2.29. The van der Waals surface area contributed by atoms with E-state index in [2.05, 4.69) is 15.4 Å². The van der Waals surface area contributed by atoms with Gasteiger partial charge in [-0.15, -0.1) is 5.10 Å². The minimum Gasteiger partial charge on any atom is -0.381 e. The molecular weight excluding hydrogens is 428 g/mol. The number of carbonyl (C=O) groups excluding carboxylic acids is 1. The molecule has 0 aliphatic rings. The zero-order chi connectivity index (χ0) is 22.2. The Morgan fingerprint density at radius 2 is 1.91 bits per heavy atom. The number of anilines is 1. The van der Waals surface area contributed by atoms with Crippen molar-refractivity contribution in [2.45, 2.75) is 6.54 Å². The molecular formula is C23H17ClN6O2. The molecule has 0 atom stereocenters. The number of nitrogens with one attached hydrogen (secondary N) is 1. The van der Waals surface area contributed by atoms with E-state index in [1.807, 2.05) is 42.5 Å². The van der Waals surface area contributed by atoms with Crippen molar-refractivity contribution in [3.8, 4) is 5.69 Å². The average Bonchev–Trinajstić information content (AvgIpc) is 3.13. The van der Waals surface area contributed by atoms with Gasteiger partial charge < -0.3 is 11.1 Å². The topological polar surface area (TPSA) is 107 Å². The summed E-state index contributed by atoms with van der Waals surface area (Å²) in [6.45, 7) is 0.0784. The molecule has 0 radical (unpaired) electrons. The van der Waals surface area contributed by atoms with Crippen LogP contribution in [0.15, 0.2) is 77.9 Å². The quantitative estimate of drug-likeness (QED) is 0.442. The Bertz CT molecular complexity index is 1540. The van der Waals surface area contributed by atoms with Crippen LogP contribution in [0.3, 0.4) is 0 Å². The first-order chi connectivity index (χ1) is 15.5. The number of para-hydroxylation sites is 1. The molecule has 8 nitrogen and oxygen atoms in total. The van der Waals surface area contributed by atoms with Crippen LogP contribution in [0.4, 0.5) is 5.82 Å². The third kappa shape index (κ3) is 3.27. The Labute approximate surface area is 186 Å². The molecule has 5 aromatic rings. The lowest BCUT2D eigenvalue weighted by atomic mass is 10.1. The number of benzene rings is 2. The first-order valence-electron chi connectivity index (χ1n) is 9.80. The summed E-state index contributed by atoms with van der Waals surface area (Å²) in [4.78, 5) is 30.6. The van der Waals surface area contributed by atoms with Gasteiger partial charge in [0, 0.05) is 23.8 Å². The molecule has 0 spiro atoms. The maximum absolute atomic E-state index is 13.4. The van der Waals surface area contributed by atoms with Crippen molar-refractivity contribution >= 4 is 39.7 Å². The lowest BCUT2D eigenvalue weighted by molar-refractivity contribution is 0.0952. The average molecular weight is 445 g/mol. The molecule has 3 N–H and O–H groups in total. The van der Waals surface area contributed by atoms with E-state index >= 15 is 0 Å². The van der Waals surface area contributed by atoms with E-state index in [1.54, 1.807) is 35.2 Å². The third-order valence-electron chi connectivity index (χ3n) is 5.17. The van der Waals surface area contributed by atoms with E-state index in [0.717, 1.165) is 0 Å². The number of nitrogens with two attached hydrogens (primary N) is 1. The highest BCUT2D eigenvalue weighted by molar-refractivity contribution is 6.35. The normalized spacial score (nSPS) is 11.2. The molecule has 0 saturated heterocycles. The molecule has 0 aliphatic carbocycles. The second kappa shape index (κ2) is 7.82. The highest BCUT2D eigenvalue weighted by Gasteiger charge is 2.20. The van der Waals surface area contributed by atoms with Gasteiger partial charge in [-0.3, -0.25) is 14.2 Å². The highest BCUT2D eigenvalue weighted by Crippen LogP contribution is 2.23. The van der Waals surface area contributed by atoms with Gasteiger partial charge in [-0.2, -0.15) is 0 Å². The summed E-state index contributed by atoms with van der Waals surface area (Å²) in [7, 11) is 0. The molecule has 0 bridgehead atoms. The Hall–Kier alpha value is -4.17. The number of amides is 1. The third-order valence-corrected chi connectivity index (χ3v) is 5.48. The molecule has 2 aromatic carbocycles. The van der Waals surface area contributed by atoms with Crippen molar-refractivity contribution < 1.29 is 4.79 Å². The summed E-state index contributed by atoms with van der Waals surface area (Å²) in [6.07, 6.45) is 3.23. The highest BCUT2D eigenvalue weighted by atomic mass is 35.5. The van der Waals surface area contributed by atoms with Gasteiger partial charge in [0.1, 0.15) is 5.56 Å². The van der Waals surface area contributed by atoms with E-state index in [4.69, 9.17) is 17.3 Å². The first-order valence-corrected chi connectivity index (χ1v) is 10.2. The van der Waals surface area contributed by atoms with Gasteiger partial charge in [0.15, 0.2) is 11.5 Å². The molecule has 0 aliphatic heterocycles. The van der Waals surface area contributed by atoms with Crippen molar-refractivity contribution in [3.63, 3.8) is 0 Å². The molecule has 0 fully saturated rings. The van der Waals surface area contributed by atoms with Crippen LogP contribution in [-0.2, 0) is 6.54 Å². The van der Waals surface area contributed by atoms with Gasteiger partial charge in [-0.1, -0.05) is 41.9 Å². The SMILES string of the molecule is Nc1nn2cccnc2c1C(=O)NCc1cc2cccc(Cl)c2c(=O)n1-c1ccccc1. The van der Waals surface area contributed by atoms with E-state index in [0.29, 0.717) is 32.8 Å². The van der Waals surface area contributed by atoms with Gasteiger partial charge in [0.25, 0.3) is 11.5 Å². The summed E-state index contributed by atoms with van der Waals surface area (Å²) in [5.41, 5.74) is 7.49. The van der Waals surface area contributed by atoms with Crippen molar-refractivity contribution in [2.75, 3.05) is 5.73 Å².